The number of hydrogen-bond donors (Lipinski definition) is 1. The Morgan fingerprint density at radius 1 is 1.09 bits per heavy atom. The fourth-order valence-electron chi connectivity index (χ4n) is 5.65. The maximum Gasteiger partial charge on any atom is 0.263 e. The van der Waals surface area contributed by atoms with Gasteiger partial charge in [0, 0.05) is 50.6 Å². The number of carbonyl (C=O) groups excluding carboxylic acids is 1. The lowest BCUT2D eigenvalue weighted by Gasteiger charge is -2.41. The third-order valence-corrected chi connectivity index (χ3v) is 7.47. The van der Waals surface area contributed by atoms with E-state index in [-0.39, 0.29) is 11.5 Å². The van der Waals surface area contributed by atoms with Crippen LogP contribution in [0.3, 0.4) is 0 Å². The minimum absolute atomic E-state index is 0.00374. The summed E-state index contributed by atoms with van der Waals surface area (Å²) in [6, 6.07) is 14.4. The number of hydrogen-bond acceptors (Lipinski definition) is 5. The number of fused-ring (bicyclic) bond motifs is 3. The van der Waals surface area contributed by atoms with Crippen molar-refractivity contribution < 1.29 is 14.3 Å². The van der Waals surface area contributed by atoms with Crippen LogP contribution in [0, 0.1) is 6.92 Å². The first-order valence-electron chi connectivity index (χ1n) is 12.4. The third-order valence-electron chi connectivity index (χ3n) is 7.47. The van der Waals surface area contributed by atoms with E-state index in [0.29, 0.717) is 29.8 Å². The number of nitrogens with one attached hydrogen (secondary N) is 1. The van der Waals surface area contributed by atoms with E-state index in [1.165, 1.54) is 0 Å². The topological polar surface area (TPSA) is 74.9 Å². The van der Waals surface area contributed by atoms with Crippen LogP contribution in [-0.4, -0.2) is 72.2 Å². The first-order chi connectivity index (χ1) is 17.0. The first-order valence-corrected chi connectivity index (χ1v) is 12.4. The molecule has 2 unspecified atom stereocenters. The van der Waals surface area contributed by atoms with Gasteiger partial charge in [-0.2, -0.15) is 0 Å². The van der Waals surface area contributed by atoms with Gasteiger partial charge in [0.05, 0.1) is 12.0 Å². The Bertz CT molecular complexity index is 1270. The molecule has 3 aromatic rings. The maximum absolute atomic E-state index is 13.2. The number of H-pyrrole nitrogens is 1. The van der Waals surface area contributed by atoms with Crippen molar-refractivity contribution in [2.75, 3.05) is 33.4 Å². The molecule has 7 heteroatoms. The van der Waals surface area contributed by atoms with Crippen molar-refractivity contribution in [3.63, 3.8) is 0 Å². The highest BCUT2D eigenvalue weighted by atomic mass is 16.5. The lowest BCUT2D eigenvalue weighted by Crippen LogP contribution is -2.57. The van der Waals surface area contributed by atoms with Crippen molar-refractivity contribution in [3.8, 4) is 16.9 Å². The summed E-state index contributed by atoms with van der Waals surface area (Å²) in [7, 11) is 1.73. The fourth-order valence-corrected chi connectivity index (χ4v) is 5.65. The number of benzene rings is 2. The van der Waals surface area contributed by atoms with Crippen LogP contribution in [0.1, 0.15) is 25.3 Å². The Morgan fingerprint density at radius 2 is 1.83 bits per heavy atom. The molecule has 0 saturated carbocycles. The molecule has 1 N–H and O–H groups in total. The number of likely N-dealkylation sites (tertiary alicyclic amines) is 1. The van der Waals surface area contributed by atoms with Crippen LogP contribution in [-0.2, 0) is 9.53 Å². The number of methoxy groups -OCH3 is 1. The van der Waals surface area contributed by atoms with Crippen molar-refractivity contribution in [1.82, 2.24) is 14.8 Å². The monoisotopic (exact) mass is 475 g/mol. The second kappa shape index (κ2) is 9.84. The summed E-state index contributed by atoms with van der Waals surface area (Å²) in [4.78, 5) is 33.2. The Labute approximate surface area is 205 Å². The zero-order valence-corrected chi connectivity index (χ0v) is 20.6. The van der Waals surface area contributed by atoms with Gasteiger partial charge in [-0.15, -0.1) is 0 Å². The molecule has 0 spiro atoms. The molecule has 1 amide bonds. The van der Waals surface area contributed by atoms with Gasteiger partial charge >= 0.3 is 0 Å². The summed E-state index contributed by atoms with van der Waals surface area (Å²) in [5.41, 5.74) is 3.00. The Kier molecular flexibility index (Phi) is 6.62. The molecule has 2 aromatic carbocycles. The molecule has 0 radical (unpaired) electrons. The highest BCUT2D eigenvalue weighted by Gasteiger charge is 2.41. The number of aromatic nitrogens is 1. The summed E-state index contributed by atoms with van der Waals surface area (Å²) in [6.45, 7) is 6.93. The van der Waals surface area contributed by atoms with E-state index in [1.807, 2.05) is 29.2 Å². The SMILES string of the molecule is COCCN1C2CCC1CN(C(=O)[C@@H](C)Oc1ccc3c(-c4ccccc4C)c[nH]c(=O)c3c1)C2. The molecule has 5 rings (SSSR count). The van der Waals surface area contributed by atoms with Gasteiger partial charge in [0.15, 0.2) is 6.10 Å². The summed E-state index contributed by atoms with van der Waals surface area (Å²) >= 11 is 0. The van der Waals surface area contributed by atoms with Gasteiger partial charge in [0.2, 0.25) is 0 Å². The second-order valence-corrected chi connectivity index (χ2v) is 9.67. The molecule has 2 aliphatic heterocycles. The van der Waals surface area contributed by atoms with E-state index in [2.05, 4.69) is 28.9 Å². The number of amides is 1. The second-order valence-electron chi connectivity index (χ2n) is 9.67. The van der Waals surface area contributed by atoms with Gasteiger partial charge in [0.1, 0.15) is 5.75 Å². The van der Waals surface area contributed by atoms with E-state index in [1.54, 1.807) is 26.3 Å². The first kappa shape index (κ1) is 23.6. The average Bonchev–Trinajstić information content (AvgIpc) is 3.09. The number of piperazine rings is 1. The summed E-state index contributed by atoms with van der Waals surface area (Å²) in [6.07, 6.45) is 3.37. The van der Waals surface area contributed by atoms with E-state index < -0.39 is 6.10 Å². The smallest absolute Gasteiger partial charge is 0.263 e. The van der Waals surface area contributed by atoms with Crippen molar-refractivity contribution in [1.29, 1.82) is 0 Å². The third kappa shape index (κ3) is 4.58. The van der Waals surface area contributed by atoms with Crippen molar-refractivity contribution in [3.05, 3.63) is 64.6 Å². The predicted octanol–water partition coefficient (Wildman–Crippen LogP) is 3.59. The number of nitrogens with zero attached hydrogens (tertiary/aromatic N) is 2. The van der Waals surface area contributed by atoms with Crippen molar-refractivity contribution >= 4 is 16.7 Å². The van der Waals surface area contributed by atoms with Crippen LogP contribution in [0.5, 0.6) is 5.75 Å². The molecule has 0 aliphatic carbocycles. The lowest BCUT2D eigenvalue weighted by atomic mass is 9.97. The molecule has 2 fully saturated rings. The molecule has 35 heavy (non-hydrogen) atoms. The van der Waals surface area contributed by atoms with E-state index in [4.69, 9.17) is 9.47 Å². The van der Waals surface area contributed by atoms with Crippen LogP contribution in [0.2, 0.25) is 0 Å². The van der Waals surface area contributed by atoms with Gasteiger partial charge < -0.3 is 19.4 Å². The summed E-state index contributed by atoms with van der Waals surface area (Å²) in [5.74, 6) is 0.517. The van der Waals surface area contributed by atoms with E-state index in [0.717, 1.165) is 54.6 Å². The molecular weight excluding hydrogens is 442 g/mol. The highest BCUT2D eigenvalue weighted by molar-refractivity contribution is 5.97. The van der Waals surface area contributed by atoms with E-state index in [9.17, 15) is 9.59 Å². The summed E-state index contributed by atoms with van der Waals surface area (Å²) in [5, 5.41) is 1.41. The van der Waals surface area contributed by atoms with Crippen LogP contribution in [0.4, 0.5) is 0 Å². The normalized spacial score (nSPS) is 20.8. The molecule has 184 valence electrons. The average molecular weight is 476 g/mol. The van der Waals surface area contributed by atoms with Crippen molar-refractivity contribution in [2.45, 2.75) is 44.9 Å². The van der Waals surface area contributed by atoms with Gasteiger partial charge in [-0.05, 0) is 61.4 Å². The Morgan fingerprint density at radius 3 is 2.54 bits per heavy atom. The minimum Gasteiger partial charge on any atom is -0.481 e. The van der Waals surface area contributed by atoms with Gasteiger partial charge in [-0.3, -0.25) is 14.5 Å². The summed E-state index contributed by atoms with van der Waals surface area (Å²) < 4.78 is 11.3. The van der Waals surface area contributed by atoms with Crippen LogP contribution < -0.4 is 10.3 Å². The van der Waals surface area contributed by atoms with Crippen molar-refractivity contribution in [2.24, 2.45) is 0 Å². The quantitative estimate of drug-likeness (QED) is 0.565. The lowest BCUT2D eigenvalue weighted by molar-refractivity contribution is -0.141. The highest BCUT2D eigenvalue weighted by Crippen LogP contribution is 2.32. The molecule has 2 bridgehead atoms. The number of aromatic amines is 1. The number of carbonyl (C=O) groups is 1. The predicted molar refractivity (Wildman–Crippen MR) is 137 cm³/mol. The Balaban J connectivity index is 1.33. The minimum atomic E-state index is -0.629. The molecular formula is C28H33N3O4. The van der Waals surface area contributed by atoms with Crippen LogP contribution in [0.15, 0.2) is 53.5 Å². The molecule has 3 atom stereocenters. The van der Waals surface area contributed by atoms with E-state index >= 15 is 0 Å². The van der Waals surface area contributed by atoms with Gasteiger partial charge in [0.25, 0.3) is 11.5 Å². The molecule has 2 saturated heterocycles. The van der Waals surface area contributed by atoms with Gasteiger partial charge in [-0.1, -0.05) is 24.3 Å². The Hall–Kier alpha value is -3.16. The molecule has 2 aliphatic rings. The van der Waals surface area contributed by atoms with Gasteiger partial charge in [-0.25, -0.2) is 0 Å². The molecule has 1 aromatic heterocycles. The number of pyridine rings is 1. The zero-order chi connectivity index (χ0) is 24.5. The van der Waals surface area contributed by atoms with Crippen LogP contribution >= 0.6 is 0 Å². The number of rotatable bonds is 7. The largest absolute Gasteiger partial charge is 0.481 e. The molecule has 3 heterocycles. The number of ether oxygens (including phenoxy) is 2. The standard InChI is InChI=1S/C28H33N3O4/c1-18-6-4-5-7-23(18)26-15-29-27(32)25-14-22(10-11-24(25)26)35-19(2)28(33)30-16-20-8-9-21(17-30)31(20)12-13-34-3/h4-7,10-11,14-15,19-21H,8-9,12-13,16-17H2,1-3H3,(H,29,32)/t19-,20?,21?/m1/s1. The zero-order valence-electron chi connectivity index (χ0n) is 20.6. The fraction of sp³-hybridized carbons (Fsp3) is 0.429. The number of aryl methyl sites for hydroxylation is 1. The molecule has 7 nitrogen and oxygen atoms in total. The van der Waals surface area contributed by atoms with Crippen LogP contribution in [0.25, 0.3) is 21.9 Å². The maximum atomic E-state index is 13.2.